The van der Waals surface area contributed by atoms with Gasteiger partial charge >= 0.3 is 5.97 Å². The minimum Gasteiger partial charge on any atom is -0.459 e. The average Bonchev–Trinajstić information content (AvgIpc) is 2.29. The highest BCUT2D eigenvalue weighted by molar-refractivity contribution is 6.08. The zero-order chi connectivity index (χ0) is 14.7. The summed E-state index contributed by atoms with van der Waals surface area (Å²) in [7, 11) is 0. The highest BCUT2D eigenvalue weighted by atomic mass is 16.6. The van der Waals surface area contributed by atoms with Gasteiger partial charge in [0.2, 0.25) is 5.91 Å². The summed E-state index contributed by atoms with van der Waals surface area (Å²) in [6, 6.07) is 4.85. The topological polar surface area (TPSA) is 108 Å². The van der Waals surface area contributed by atoms with Crippen molar-refractivity contribution in [1.82, 2.24) is 4.98 Å². The normalized spacial score (nSPS) is 14.5. The molecule has 0 fully saturated rings. The Hall–Kier alpha value is -1.95. The Kier molecular flexibility index (Phi) is 4.26. The molecule has 1 aromatic heterocycles. The number of ether oxygens (including phenoxy) is 1. The molecule has 104 valence electrons. The molecular formula is C13H19N3O3. The van der Waals surface area contributed by atoms with Crippen molar-refractivity contribution >= 4 is 11.9 Å². The van der Waals surface area contributed by atoms with Crippen LogP contribution in [-0.2, 0) is 19.7 Å². The van der Waals surface area contributed by atoms with Gasteiger partial charge in [0.15, 0.2) is 5.41 Å². The second-order valence-corrected chi connectivity index (χ2v) is 5.19. The third kappa shape index (κ3) is 3.08. The van der Waals surface area contributed by atoms with Crippen LogP contribution in [0.4, 0.5) is 0 Å². The molecule has 1 heterocycles. The van der Waals surface area contributed by atoms with Gasteiger partial charge in [-0.25, -0.2) is 0 Å². The van der Waals surface area contributed by atoms with Gasteiger partial charge in [0, 0.05) is 12.7 Å². The van der Waals surface area contributed by atoms with Crippen molar-refractivity contribution in [2.75, 3.05) is 6.54 Å². The minimum atomic E-state index is -1.76. The van der Waals surface area contributed by atoms with Gasteiger partial charge in [0.25, 0.3) is 0 Å². The van der Waals surface area contributed by atoms with E-state index in [0.717, 1.165) is 0 Å². The quantitative estimate of drug-likeness (QED) is 0.593. The fraction of sp³-hybridized carbons (Fsp3) is 0.462. The lowest BCUT2D eigenvalue weighted by Crippen LogP contribution is -2.55. The molecule has 6 heteroatoms. The molecule has 0 saturated carbocycles. The molecule has 0 bridgehead atoms. The van der Waals surface area contributed by atoms with E-state index in [2.05, 4.69) is 4.98 Å². The molecule has 1 atom stereocenters. The van der Waals surface area contributed by atoms with E-state index < -0.39 is 22.9 Å². The van der Waals surface area contributed by atoms with E-state index in [-0.39, 0.29) is 12.2 Å². The van der Waals surface area contributed by atoms with Crippen molar-refractivity contribution in [3.63, 3.8) is 0 Å². The Morgan fingerprint density at radius 2 is 1.95 bits per heavy atom. The fourth-order valence-electron chi connectivity index (χ4n) is 1.60. The van der Waals surface area contributed by atoms with Crippen molar-refractivity contribution < 1.29 is 14.3 Å². The molecule has 0 radical (unpaired) electrons. The summed E-state index contributed by atoms with van der Waals surface area (Å²) < 4.78 is 5.25. The van der Waals surface area contributed by atoms with E-state index in [1.807, 2.05) is 0 Å². The van der Waals surface area contributed by atoms with Crippen LogP contribution >= 0.6 is 0 Å². The molecule has 1 aromatic rings. The Bertz CT molecular complexity index is 468. The first kappa shape index (κ1) is 15.1. The lowest BCUT2D eigenvalue weighted by molar-refractivity contribution is -0.164. The van der Waals surface area contributed by atoms with Crippen LogP contribution in [0.1, 0.15) is 26.5 Å². The zero-order valence-corrected chi connectivity index (χ0v) is 11.3. The predicted octanol–water partition coefficient (Wildman–Crippen LogP) is 0.105. The van der Waals surface area contributed by atoms with Crippen LogP contribution in [0.25, 0.3) is 0 Å². The maximum absolute atomic E-state index is 12.3. The maximum atomic E-state index is 12.3. The predicted molar refractivity (Wildman–Crippen MR) is 70.0 cm³/mol. The summed E-state index contributed by atoms with van der Waals surface area (Å²) in [5.41, 5.74) is 8.68. The summed E-state index contributed by atoms with van der Waals surface area (Å²) in [4.78, 5) is 28.1. The summed E-state index contributed by atoms with van der Waals surface area (Å²) >= 11 is 0. The van der Waals surface area contributed by atoms with Crippen LogP contribution in [0.3, 0.4) is 0 Å². The lowest BCUT2D eigenvalue weighted by Gasteiger charge is -2.30. The highest BCUT2D eigenvalue weighted by Gasteiger charge is 2.49. The van der Waals surface area contributed by atoms with E-state index in [1.165, 1.54) is 12.3 Å². The van der Waals surface area contributed by atoms with Crippen LogP contribution in [-0.4, -0.2) is 29.0 Å². The molecular weight excluding hydrogens is 246 g/mol. The first-order valence-electron chi connectivity index (χ1n) is 5.89. The van der Waals surface area contributed by atoms with Crippen LogP contribution in [0, 0.1) is 0 Å². The van der Waals surface area contributed by atoms with Gasteiger partial charge in [0.1, 0.15) is 5.60 Å². The number of carbonyl (C=O) groups is 2. The molecule has 6 nitrogen and oxygen atoms in total. The van der Waals surface area contributed by atoms with Gasteiger partial charge in [0.05, 0.1) is 5.69 Å². The Morgan fingerprint density at radius 1 is 1.32 bits per heavy atom. The first-order chi connectivity index (χ1) is 8.74. The molecule has 1 amide bonds. The molecule has 1 rings (SSSR count). The smallest absolute Gasteiger partial charge is 0.329 e. The largest absolute Gasteiger partial charge is 0.459 e. The number of primary amides is 1. The Labute approximate surface area is 112 Å². The van der Waals surface area contributed by atoms with E-state index in [0.29, 0.717) is 0 Å². The highest BCUT2D eigenvalue weighted by Crippen LogP contribution is 2.25. The Morgan fingerprint density at radius 3 is 2.32 bits per heavy atom. The number of rotatable bonds is 4. The Balaban J connectivity index is 3.29. The molecule has 4 N–H and O–H groups in total. The third-order valence-electron chi connectivity index (χ3n) is 2.58. The number of pyridine rings is 1. The summed E-state index contributed by atoms with van der Waals surface area (Å²) in [5, 5.41) is 0. The maximum Gasteiger partial charge on any atom is 0.329 e. The summed E-state index contributed by atoms with van der Waals surface area (Å²) in [6.07, 6.45) is 1.47. The number of nitrogens with zero attached hydrogens (tertiary/aromatic N) is 1. The molecule has 0 spiro atoms. The van der Waals surface area contributed by atoms with Crippen molar-refractivity contribution in [2.24, 2.45) is 11.5 Å². The van der Waals surface area contributed by atoms with Gasteiger partial charge in [-0.15, -0.1) is 0 Å². The SMILES string of the molecule is CC(C)(C)OC(=O)C(CN)(C(N)=O)c1ccccn1. The number of hydrogen-bond acceptors (Lipinski definition) is 5. The molecule has 0 aliphatic heterocycles. The lowest BCUT2D eigenvalue weighted by atomic mass is 9.83. The van der Waals surface area contributed by atoms with Crippen LogP contribution in [0.2, 0.25) is 0 Å². The molecule has 0 aromatic carbocycles. The molecule has 0 saturated heterocycles. The van der Waals surface area contributed by atoms with E-state index >= 15 is 0 Å². The van der Waals surface area contributed by atoms with E-state index in [1.54, 1.807) is 32.9 Å². The second kappa shape index (κ2) is 5.36. The number of nitrogens with two attached hydrogens (primary N) is 2. The monoisotopic (exact) mass is 265 g/mol. The van der Waals surface area contributed by atoms with Crippen molar-refractivity contribution in [3.05, 3.63) is 30.1 Å². The third-order valence-corrected chi connectivity index (χ3v) is 2.58. The first-order valence-corrected chi connectivity index (χ1v) is 5.89. The molecule has 1 unspecified atom stereocenters. The molecule has 19 heavy (non-hydrogen) atoms. The molecule has 0 aliphatic rings. The number of aromatic nitrogens is 1. The van der Waals surface area contributed by atoms with Gasteiger partial charge in [-0.2, -0.15) is 0 Å². The van der Waals surface area contributed by atoms with Crippen molar-refractivity contribution in [1.29, 1.82) is 0 Å². The number of carbonyl (C=O) groups excluding carboxylic acids is 2. The van der Waals surface area contributed by atoms with Gasteiger partial charge < -0.3 is 16.2 Å². The minimum absolute atomic E-state index is 0.194. The van der Waals surface area contributed by atoms with Gasteiger partial charge in [-0.1, -0.05) is 6.07 Å². The summed E-state index contributed by atoms with van der Waals surface area (Å²) in [6.45, 7) is 4.80. The van der Waals surface area contributed by atoms with E-state index in [9.17, 15) is 9.59 Å². The van der Waals surface area contributed by atoms with Crippen molar-refractivity contribution in [3.8, 4) is 0 Å². The average molecular weight is 265 g/mol. The second-order valence-electron chi connectivity index (χ2n) is 5.19. The van der Waals surface area contributed by atoms with Crippen LogP contribution < -0.4 is 11.5 Å². The number of amides is 1. The van der Waals surface area contributed by atoms with Crippen molar-refractivity contribution in [2.45, 2.75) is 31.8 Å². The van der Waals surface area contributed by atoms with Crippen LogP contribution in [0.5, 0.6) is 0 Å². The van der Waals surface area contributed by atoms with Gasteiger partial charge in [-0.3, -0.25) is 14.6 Å². The van der Waals surface area contributed by atoms with Crippen LogP contribution in [0.15, 0.2) is 24.4 Å². The fourth-order valence-corrected chi connectivity index (χ4v) is 1.60. The standard InChI is InChI=1S/C13H19N3O3/c1-12(2,3)19-11(18)13(8-14,10(15)17)9-6-4-5-7-16-9/h4-7H,8,14H2,1-3H3,(H2,15,17). The summed E-state index contributed by atoms with van der Waals surface area (Å²) in [5.74, 6) is -1.66. The van der Waals surface area contributed by atoms with E-state index in [4.69, 9.17) is 16.2 Å². The van der Waals surface area contributed by atoms with Gasteiger partial charge in [-0.05, 0) is 32.9 Å². The zero-order valence-electron chi connectivity index (χ0n) is 11.3. The number of esters is 1. The number of hydrogen-bond donors (Lipinski definition) is 2. The molecule has 0 aliphatic carbocycles.